The second-order valence-electron chi connectivity index (χ2n) is 4.93. The van der Waals surface area contributed by atoms with Crippen LogP contribution in [0.15, 0.2) is 24.3 Å². The van der Waals surface area contributed by atoms with Crippen molar-refractivity contribution in [3.05, 3.63) is 40.4 Å². The van der Waals surface area contributed by atoms with E-state index in [1.165, 1.54) is 23.8 Å². The Morgan fingerprint density at radius 1 is 1.32 bits per heavy atom. The first-order valence-electron chi connectivity index (χ1n) is 6.99. The highest BCUT2D eigenvalue weighted by molar-refractivity contribution is 7.17. The zero-order valence-corrected chi connectivity index (χ0v) is 13.6. The number of esters is 1. The SMILES string of the molecule is CCc1ccc(-c2nc(C)c(C(=O)O[C@@H](C)C(N)=O)s2)cc1. The van der Waals surface area contributed by atoms with E-state index in [1.807, 2.05) is 24.3 Å². The summed E-state index contributed by atoms with van der Waals surface area (Å²) in [5.41, 5.74) is 7.87. The van der Waals surface area contributed by atoms with Crippen LogP contribution < -0.4 is 5.73 Å². The van der Waals surface area contributed by atoms with E-state index < -0.39 is 18.0 Å². The molecule has 2 rings (SSSR count). The predicted octanol–water partition coefficient (Wildman–Crippen LogP) is 2.71. The topological polar surface area (TPSA) is 82.3 Å². The van der Waals surface area contributed by atoms with Crippen LogP contribution in [0.1, 0.15) is 34.8 Å². The fraction of sp³-hybridized carbons (Fsp3) is 0.312. The van der Waals surface area contributed by atoms with E-state index in [9.17, 15) is 9.59 Å². The molecule has 0 radical (unpaired) electrons. The average molecular weight is 318 g/mol. The highest BCUT2D eigenvalue weighted by Crippen LogP contribution is 2.29. The lowest BCUT2D eigenvalue weighted by molar-refractivity contribution is -0.125. The monoisotopic (exact) mass is 318 g/mol. The molecular weight excluding hydrogens is 300 g/mol. The van der Waals surface area contributed by atoms with Gasteiger partial charge in [-0.2, -0.15) is 0 Å². The number of aromatic nitrogens is 1. The Kier molecular flexibility index (Phi) is 4.92. The fourth-order valence-corrected chi connectivity index (χ4v) is 2.82. The molecule has 0 aliphatic rings. The molecule has 6 heteroatoms. The molecule has 5 nitrogen and oxygen atoms in total. The van der Waals surface area contributed by atoms with Crippen LogP contribution in [0, 0.1) is 6.92 Å². The smallest absolute Gasteiger partial charge is 0.351 e. The maximum absolute atomic E-state index is 12.1. The predicted molar refractivity (Wildman–Crippen MR) is 85.7 cm³/mol. The van der Waals surface area contributed by atoms with Crippen molar-refractivity contribution in [2.45, 2.75) is 33.3 Å². The second kappa shape index (κ2) is 6.70. The van der Waals surface area contributed by atoms with Crippen LogP contribution in [-0.2, 0) is 16.0 Å². The molecule has 2 N–H and O–H groups in total. The lowest BCUT2D eigenvalue weighted by Gasteiger charge is -2.08. The quantitative estimate of drug-likeness (QED) is 0.859. The molecule has 0 aliphatic carbocycles. The molecule has 1 aromatic heterocycles. The first-order chi connectivity index (χ1) is 10.4. The summed E-state index contributed by atoms with van der Waals surface area (Å²) in [5.74, 6) is -1.25. The van der Waals surface area contributed by atoms with Gasteiger partial charge in [0.2, 0.25) is 0 Å². The normalized spacial score (nSPS) is 12.0. The molecule has 0 saturated heterocycles. The van der Waals surface area contributed by atoms with E-state index in [0.29, 0.717) is 10.6 Å². The number of rotatable bonds is 5. The lowest BCUT2D eigenvalue weighted by atomic mass is 10.1. The van der Waals surface area contributed by atoms with Crippen LogP contribution in [0.25, 0.3) is 10.6 Å². The summed E-state index contributed by atoms with van der Waals surface area (Å²) in [6.45, 7) is 5.28. The van der Waals surface area contributed by atoms with Crippen molar-refractivity contribution in [3.63, 3.8) is 0 Å². The lowest BCUT2D eigenvalue weighted by Crippen LogP contribution is -2.30. The van der Waals surface area contributed by atoms with E-state index in [0.717, 1.165) is 17.0 Å². The number of benzene rings is 1. The number of hydrogen-bond donors (Lipinski definition) is 1. The highest BCUT2D eigenvalue weighted by atomic mass is 32.1. The minimum absolute atomic E-state index is 0.391. The molecule has 0 spiro atoms. The van der Waals surface area contributed by atoms with Gasteiger partial charge in [-0.1, -0.05) is 31.2 Å². The molecule has 0 aliphatic heterocycles. The maximum atomic E-state index is 12.1. The van der Waals surface area contributed by atoms with Crippen LogP contribution in [0.5, 0.6) is 0 Å². The summed E-state index contributed by atoms with van der Waals surface area (Å²) in [6, 6.07) is 8.05. The van der Waals surface area contributed by atoms with Crippen molar-refractivity contribution in [3.8, 4) is 10.6 Å². The van der Waals surface area contributed by atoms with Gasteiger partial charge in [-0.15, -0.1) is 11.3 Å². The number of ether oxygens (including phenoxy) is 1. The van der Waals surface area contributed by atoms with Gasteiger partial charge in [0.25, 0.3) is 5.91 Å². The Labute approximate surface area is 133 Å². The van der Waals surface area contributed by atoms with Crippen molar-refractivity contribution < 1.29 is 14.3 Å². The number of aryl methyl sites for hydroxylation is 2. The van der Waals surface area contributed by atoms with Crippen molar-refractivity contribution in [2.75, 3.05) is 0 Å². The largest absolute Gasteiger partial charge is 0.448 e. The molecule has 1 amide bonds. The summed E-state index contributed by atoms with van der Waals surface area (Å²) < 4.78 is 5.02. The molecule has 2 aromatic rings. The Morgan fingerprint density at radius 2 is 1.95 bits per heavy atom. The minimum atomic E-state index is -0.957. The Balaban J connectivity index is 2.23. The molecule has 1 atom stereocenters. The average Bonchev–Trinajstić information content (AvgIpc) is 2.89. The van der Waals surface area contributed by atoms with Crippen molar-refractivity contribution in [1.29, 1.82) is 0 Å². The molecule has 0 bridgehead atoms. The second-order valence-corrected chi connectivity index (χ2v) is 5.93. The molecule has 1 heterocycles. The zero-order valence-electron chi connectivity index (χ0n) is 12.8. The molecule has 22 heavy (non-hydrogen) atoms. The number of amides is 1. The van der Waals surface area contributed by atoms with Crippen molar-refractivity contribution in [1.82, 2.24) is 4.98 Å². The molecule has 1 aromatic carbocycles. The Morgan fingerprint density at radius 3 is 2.50 bits per heavy atom. The van der Waals surface area contributed by atoms with E-state index in [1.54, 1.807) is 6.92 Å². The van der Waals surface area contributed by atoms with Gasteiger partial charge in [-0.25, -0.2) is 9.78 Å². The fourth-order valence-electron chi connectivity index (χ4n) is 1.86. The van der Waals surface area contributed by atoms with Gasteiger partial charge in [-0.05, 0) is 25.8 Å². The van der Waals surface area contributed by atoms with Crippen molar-refractivity contribution >= 4 is 23.2 Å². The van der Waals surface area contributed by atoms with E-state index in [4.69, 9.17) is 10.5 Å². The van der Waals surface area contributed by atoms with Gasteiger partial charge in [0.15, 0.2) is 6.10 Å². The summed E-state index contributed by atoms with van der Waals surface area (Å²) in [6.07, 6.45) is 0.0148. The van der Waals surface area contributed by atoms with Gasteiger partial charge in [0.05, 0.1) is 5.69 Å². The van der Waals surface area contributed by atoms with Crippen LogP contribution in [0.3, 0.4) is 0 Å². The first-order valence-corrected chi connectivity index (χ1v) is 7.81. The maximum Gasteiger partial charge on any atom is 0.351 e. The van der Waals surface area contributed by atoms with Gasteiger partial charge < -0.3 is 10.5 Å². The van der Waals surface area contributed by atoms with E-state index in [-0.39, 0.29) is 0 Å². The number of thiazole rings is 1. The Hall–Kier alpha value is -2.21. The molecule has 0 unspecified atom stereocenters. The third kappa shape index (κ3) is 3.51. The summed E-state index contributed by atoms with van der Waals surface area (Å²) in [7, 11) is 0. The zero-order chi connectivity index (χ0) is 16.3. The number of nitrogens with zero attached hydrogens (tertiary/aromatic N) is 1. The van der Waals surface area contributed by atoms with Gasteiger partial charge in [0, 0.05) is 5.56 Å². The molecule has 0 fully saturated rings. The van der Waals surface area contributed by atoms with E-state index in [2.05, 4.69) is 11.9 Å². The van der Waals surface area contributed by atoms with Gasteiger partial charge in [-0.3, -0.25) is 4.79 Å². The highest BCUT2D eigenvalue weighted by Gasteiger charge is 2.21. The van der Waals surface area contributed by atoms with E-state index >= 15 is 0 Å². The number of nitrogens with two attached hydrogens (primary N) is 1. The first kappa shape index (κ1) is 16.2. The van der Waals surface area contributed by atoms with Gasteiger partial charge >= 0.3 is 5.97 Å². The van der Waals surface area contributed by atoms with Crippen LogP contribution in [0.4, 0.5) is 0 Å². The van der Waals surface area contributed by atoms with Crippen LogP contribution in [-0.4, -0.2) is 23.0 Å². The summed E-state index contributed by atoms with van der Waals surface area (Å²) in [5, 5.41) is 0.749. The number of hydrogen-bond acceptors (Lipinski definition) is 5. The summed E-state index contributed by atoms with van der Waals surface area (Å²) in [4.78, 5) is 27.8. The minimum Gasteiger partial charge on any atom is -0.448 e. The third-order valence-corrected chi connectivity index (χ3v) is 4.46. The number of primary amides is 1. The summed E-state index contributed by atoms with van der Waals surface area (Å²) >= 11 is 1.25. The molecular formula is C16H18N2O3S. The van der Waals surface area contributed by atoms with Crippen molar-refractivity contribution in [2.24, 2.45) is 5.73 Å². The van der Waals surface area contributed by atoms with Crippen LogP contribution >= 0.6 is 11.3 Å². The Bertz CT molecular complexity index is 692. The molecule has 116 valence electrons. The number of carbonyl (C=O) groups is 2. The van der Waals surface area contributed by atoms with Crippen LogP contribution in [0.2, 0.25) is 0 Å². The number of carbonyl (C=O) groups excluding carboxylic acids is 2. The van der Waals surface area contributed by atoms with Gasteiger partial charge in [0.1, 0.15) is 9.88 Å². The molecule has 0 saturated carbocycles. The third-order valence-electron chi connectivity index (χ3n) is 3.28. The standard InChI is InChI=1S/C16H18N2O3S/c1-4-11-5-7-12(8-6-11)15-18-9(2)13(22-15)16(20)21-10(3)14(17)19/h5-8,10H,4H2,1-3H3,(H2,17,19)/t10-/m0/s1.